The van der Waals surface area contributed by atoms with Crippen LogP contribution >= 0.6 is 0 Å². The third kappa shape index (κ3) is 1.76. The minimum absolute atomic E-state index is 0.0320. The zero-order chi connectivity index (χ0) is 18.2. The van der Waals surface area contributed by atoms with Gasteiger partial charge in [0.15, 0.2) is 11.6 Å². The molecule has 0 fully saturated rings. The number of amides is 1. The van der Waals surface area contributed by atoms with Crippen LogP contribution in [0.4, 0.5) is 0 Å². The molecule has 1 aliphatic carbocycles. The maximum atomic E-state index is 12.6. The van der Waals surface area contributed by atoms with E-state index < -0.39 is 5.78 Å². The van der Waals surface area contributed by atoms with Crippen molar-refractivity contribution >= 4 is 28.2 Å². The molecular formula is C19H15NO5. The van der Waals surface area contributed by atoms with Crippen LogP contribution in [0.3, 0.4) is 0 Å². The molecule has 0 spiro atoms. The van der Waals surface area contributed by atoms with Crippen molar-refractivity contribution in [1.29, 1.82) is 0 Å². The summed E-state index contributed by atoms with van der Waals surface area (Å²) < 4.78 is 0. The number of carbonyl (C=O) groups excluding carboxylic acids is 3. The molecule has 6 heteroatoms. The van der Waals surface area contributed by atoms with E-state index in [0.29, 0.717) is 27.5 Å². The summed E-state index contributed by atoms with van der Waals surface area (Å²) in [5.41, 5.74) is 1.33. The van der Waals surface area contributed by atoms with Crippen molar-refractivity contribution in [3.8, 4) is 11.5 Å². The fraction of sp³-hybridized carbons (Fsp3) is 0.211. The van der Waals surface area contributed by atoms with E-state index in [2.05, 4.69) is 0 Å². The smallest absolute Gasteiger partial charge is 0.258 e. The van der Waals surface area contributed by atoms with Crippen LogP contribution in [0.25, 0.3) is 10.8 Å². The highest BCUT2D eigenvalue weighted by molar-refractivity contribution is 6.29. The predicted octanol–water partition coefficient (Wildman–Crippen LogP) is 2.55. The van der Waals surface area contributed by atoms with E-state index in [1.165, 1.54) is 17.0 Å². The van der Waals surface area contributed by atoms with E-state index in [1.807, 2.05) is 0 Å². The highest BCUT2D eigenvalue weighted by atomic mass is 16.3. The van der Waals surface area contributed by atoms with E-state index in [0.717, 1.165) is 0 Å². The molecule has 2 aliphatic rings. The quantitative estimate of drug-likeness (QED) is 0.770. The third-order valence-corrected chi connectivity index (χ3v) is 5.15. The van der Waals surface area contributed by atoms with Gasteiger partial charge in [0, 0.05) is 35.7 Å². The van der Waals surface area contributed by atoms with E-state index >= 15 is 0 Å². The van der Waals surface area contributed by atoms with Crippen molar-refractivity contribution in [3.05, 3.63) is 45.5 Å². The Hall–Kier alpha value is -3.15. The Kier molecular flexibility index (Phi) is 2.89. The molecule has 2 aromatic carbocycles. The number of phenolic OH excluding ortho intramolecular Hbond substituents is 2. The van der Waals surface area contributed by atoms with Crippen molar-refractivity contribution in [2.24, 2.45) is 0 Å². The van der Waals surface area contributed by atoms with Gasteiger partial charge < -0.3 is 15.1 Å². The fourth-order valence-electron chi connectivity index (χ4n) is 3.65. The lowest BCUT2D eigenvalue weighted by atomic mass is 9.82. The molecule has 0 aromatic heterocycles. The average molecular weight is 337 g/mol. The van der Waals surface area contributed by atoms with Crippen LogP contribution in [-0.2, 0) is 6.54 Å². The first-order valence-corrected chi connectivity index (χ1v) is 7.80. The number of allylic oxidation sites excluding steroid dienone is 2. The highest BCUT2D eigenvalue weighted by Crippen LogP contribution is 2.44. The Morgan fingerprint density at radius 2 is 1.60 bits per heavy atom. The third-order valence-electron chi connectivity index (χ3n) is 5.15. The summed E-state index contributed by atoms with van der Waals surface area (Å²) in [5, 5.41) is 21.8. The first-order chi connectivity index (χ1) is 11.7. The van der Waals surface area contributed by atoms with E-state index in [1.54, 1.807) is 20.9 Å². The highest BCUT2D eigenvalue weighted by Gasteiger charge is 2.35. The van der Waals surface area contributed by atoms with Crippen LogP contribution < -0.4 is 0 Å². The van der Waals surface area contributed by atoms with Crippen LogP contribution in [0.5, 0.6) is 11.5 Å². The molecule has 2 N–H and O–H groups in total. The van der Waals surface area contributed by atoms with Crippen LogP contribution in [-0.4, -0.2) is 39.6 Å². The molecule has 0 atom stereocenters. The molecule has 0 unspecified atom stereocenters. The summed E-state index contributed by atoms with van der Waals surface area (Å²) in [6.07, 6.45) is 0. The topological polar surface area (TPSA) is 94.9 Å². The first-order valence-electron chi connectivity index (χ1n) is 7.80. The van der Waals surface area contributed by atoms with Gasteiger partial charge in [0.1, 0.15) is 11.5 Å². The molecule has 0 bridgehead atoms. The van der Waals surface area contributed by atoms with E-state index in [-0.39, 0.29) is 46.4 Å². The van der Waals surface area contributed by atoms with Gasteiger partial charge in [-0.2, -0.15) is 0 Å². The maximum Gasteiger partial charge on any atom is 0.258 e. The molecule has 0 saturated carbocycles. The van der Waals surface area contributed by atoms with Crippen LogP contribution in [0.2, 0.25) is 0 Å². The number of Topliss-reactive ketones (excluding diaryl/α,β-unsaturated/α-hetero) is 2. The fourth-order valence-corrected chi connectivity index (χ4v) is 3.65. The minimum Gasteiger partial charge on any atom is -0.507 e. The van der Waals surface area contributed by atoms with Gasteiger partial charge in [0.05, 0.1) is 11.1 Å². The second kappa shape index (κ2) is 4.69. The van der Waals surface area contributed by atoms with Gasteiger partial charge in [-0.05, 0) is 36.9 Å². The van der Waals surface area contributed by atoms with Gasteiger partial charge in [-0.1, -0.05) is 0 Å². The Bertz CT molecular complexity index is 1080. The minimum atomic E-state index is -0.397. The van der Waals surface area contributed by atoms with Crippen molar-refractivity contribution in [2.75, 3.05) is 7.05 Å². The van der Waals surface area contributed by atoms with Gasteiger partial charge in [0.2, 0.25) is 0 Å². The maximum absolute atomic E-state index is 12.6. The molecule has 1 aliphatic heterocycles. The lowest BCUT2D eigenvalue weighted by Gasteiger charge is -2.20. The molecule has 0 saturated heterocycles. The lowest BCUT2D eigenvalue weighted by Crippen LogP contribution is -2.20. The van der Waals surface area contributed by atoms with Crippen molar-refractivity contribution in [2.45, 2.75) is 20.4 Å². The number of rotatable bonds is 0. The van der Waals surface area contributed by atoms with Crippen LogP contribution in [0, 0.1) is 0 Å². The summed E-state index contributed by atoms with van der Waals surface area (Å²) in [5.74, 6) is -1.57. The standard InChI is InChI=1S/C19H15NO5/c1-7-8(2)17(23)15-10(16(7)22)4-9-5-12(21)14-11(13(9)18(15)24)6-20(3)19(14)25/h4-5,21,24H,6H2,1-3H3. The van der Waals surface area contributed by atoms with Gasteiger partial charge in [-0.15, -0.1) is 0 Å². The van der Waals surface area contributed by atoms with Crippen LogP contribution in [0.15, 0.2) is 23.3 Å². The molecule has 6 nitrogen and oxygen atoms in total. The molecule has 1 heterocycles. The monoisotopic (exact) mass is 337 g/mol. The first kappa shape index (κ1) is 15.4. The van der Waals surface area contributed by atoms with Gasteiger partial charge >= 0.3 is 0 Å². The molecule has 2 aromatic rings. The van der Waals surface area contributed by atoms with E-state index in [4.69, 9.17) is 0 Å². The number of aromatic hydroxyl groups is 2. The van der Waals surface area contributed by atoms with Gasteiger partial charge in [-0.3, -0.25) is 14.4 Å². The normalized spacial score (nSPS) is 16.8. The number of hydrogen-bond acceptors (Lipinski definition) is 5. The SMILES string of the molecule is CC1=C(C)C(=O)c2c(cc3cc(O)c4c(c3c2O)CN(C)C4=O)C1=O. The molecule has 126 valence electrons. The van der Waals surface area contributed by atoms with Gasteiger partial charge in [-0.25, -0.2) is 0 Å². The number of nitrogens with zero attached hydrogens (tertiary/aromatic N) is 1. The number of phenols is 2. The Balaban J connectivity index is 2.16. The van der Waals surface area contributed by atoms with E-state index in [9.17, 15) is 24.6 Å². The molecule has 1 amide bonds. The molecular weight excluding hydrogens is 322 g/mol. The zero-order valence-electron chi connectivity index (χ0n) is 13.9. The summed E-state index contributed by atoms with van der Waals surface area (Å²) in [6.45, 7) is 3.34. The summed E-state index contributed by atoms with van der Waals surface area (Å²) in [4.78, 5) is 38.8. The van der Waals surface area contributed by atoms with Crippen molar-refractivity contribution in [1.82, 2.24) is 4.90 Å². The predicted molar refractivity (Wildman–Crippen MR) is 90.1 cm³/mol. The number of hydrogen-bond donors (Lipinski definition) is 2. The van der Waals surface area contributed by atoms with Gasteiger partial charge in [0.25, 0.3) is 5.91 Å². The van der Waals surface area contributed by atoms with Crippen LogP contribution in [0.1, 0.15) is 50.5 Å². The molecule has 25 heavy (non-hydrogen) atoms. The molecule has 0 radical (unpaired) electrons. The van der Waals surface area contributed by atoms with Crippen molar-refractivity contribution < 1.29 is 24.6 Å². The molecule has 4 rings (SSSR count). The van der Waals surface area contributed by atoms with Crippen molar-refractivity contribution in [3.63, 3.8) is 0 Å². The average Bonchev–Trinajstić information content (AvgIpc) is 2.86. The summed E-state index contributed by atoms with van der Waals surface area (Å²) >= 11 is 0. The largest absolute Gasteiger partial charge is 0.507 e. The number of fused-ring (bicyclic) bond motifs is 4. The number of carbonyl (C=O) groups is 3. The second-order valence-corrected chi connectivity index (χ2v) is 6.56. The number of benzene rings is 2. The second-order valence-electron chi connectivity index (χ2n) is 6.56. The summed E-state index contributed by atoms with van der Waals surface area (Å²) in [7, 11) is 1.59. The Labute approximate surface area is 143 Å². The summed E-state index contributed by atoms with van der Waals surface area (Å²) in [6, 6.07) is 2.85. The number of ketones is 2. The zero-order valence-corrected chi connectivity index (χ0v) is 13.9. The lowest BCUT2D eigenvalue weighted by molar-refractivity contribution is 0.0814. The Morgan fingerprint density at radius 1 is 0.960 bits per heavy atom. The Morgan fingerprint density at radius 3 is 2.28 bits per heavy atom.